The quantitative estimate of drug-likeness (QED) is 0.843. The molecule has 0 aliphatic rings. The highest BCUT2D eigenvalue weighted by Gasteiger charge is 2.17. The maximum absolute atomic E-state index is 6.14. The van der Waals surface area contributed by atoms with Gasteiger partial charge in [0.15, 0.2) is 0 Å². The van der Waals surface area contributed by atoms with E-state index < -0.39 is 0 Å². The van der Waals surface area contributed by atoms with Crippen molar-refractivity contribution in [3.63, 3.8) is 0 Å². The predicted octanol–water partition coefficient (Wildman–Crippen LogP) is 3.74. The number of para-hydroxylation sites is 1. The fourth-order valence-electron chi connectivity index (χ4n) is 2.59. The van der Waals surface area contributed by atoms with Gasteiger partial charge in [-0.05, 0) is 44.7 Å². The molecule has 2 rings (SSSR count). The van der Waals surface area contributed by atoms with Crippen molar-refractivity contribution >= 4 is 10.9 Å². The van der Waals surface area contributed by atoms with Gasteiger partial charge in [0.25, 0.3) is 0 Å². The summed E-state index contributed by atoms with van der Waals surface area (Å²) in [5.74, 6) is 0. The molecule has 0 aliphatic heterocycles. The van der Waals surface area contributed by atoms with Gasteiger partial charge in [-0.25, -0.2) is 0 Å². The van der Waals surface area contributed by atoms with E-state index in [2.05, 4.69) is 55.8 Å². The first-order chi connectivity index (χ1) is 9.96. The molecule has 116 valence electrons. The first-order valence-electron chi connectivity index (χ1n) is 7.84. The zero-order valence-electron chi connectivity index (χ0n) is 13.7. The van der Waals surface area contributed by atoms with Gasteiger partial charge in [0.05, 0.1) is 5.60 Å². The molecule has 0 amide bonds. The van der Waals surface area contributed by atoms with Crippen LogP contribution in [-0.2, 0) is 17.7 Å². The molecule has 0 fully saturated rings. The Bertz CT molecular complexity index is 586. The lowest BCUT2D eigenvalue weighted by atomic mass is 10.0. The SMILES string of the molecule is CCC(N)Cc1cn(CCC(C)(C)OC)c2ccccc12. The summed E-state index contributed by atoms with van der Waals surface area (Å²) in [7, 11) is 1.78. The van der Waals surface area contributed by atoms with E-state index in [1.807, 2.05) is 0 Å². The lowest BCUT2D eigenvalue weighted by Gasteiger charge is -2.23. The van der Waals surface area contributed by atoms with Gasteiger partial charge in [-0.15, -0.1) is 0 Å². The highest BCUT2D eigenvalue weighted by atomic mass is 16.5. The number of aromatic nitrogens is 1. The molecular formula is C18H28N2O. The number of hydrogen-bond donors (Lipinski definition) is 1. The minimum absolute atomic E-state index is 0.0919. The van der Waals surface area contributed by atoms with Gasteiger partial charge in [-0.3, -0.25) is 0 Å². The van der Waals surface area contributed by atoms with E-state index in [0.29, 0.717) is 0 Å². The van der Waals surface area contributed by atoms with Crippen molar-refractivity contribution in [3.05, 3.63) is 36.0 Å². The number of rotatable bonds is 7. The topological polar surface area (TPSA) is 40.2 Å². The van der Waals surface area contributed by atoms with Crippen LogP contribution in [0.3, 0.4) is 0 Å². The summed E-state index contributed by atoms with van der Waals surface area (Å²) < 4.78 is 7.87. The van der Waals surface area contributed by atoms with Crippen LogP contribution in [0.2, 0.25) is 0 Å². The standard InChI is InChI=1S/C18H28N2O/c1-5-15(19)12-14-13-20(11-10-18(2,3)21-4)17-9-7-6-8-16(14)17/h6-9,13,15H,5,10-12,19H2,1-4H3. The molecule has 1 aromatic carbocycles. The maximum atomic E-state index is 6.14. The fourth-order valence-corrected chi connectivity index (χ4v) is 2.59. The van der Waals surface area contributed by atoms with E-state index in [1.54, 1.807) is 7.11 Å². The Hall–Kier alpha value is -1.32. The van der Waals surface area contributed by atoms with E-state index in [-0.39, 0.29) is 11.6 Å². The molecule has 0 radical (unpaired) electrons. The molecule has 1 aromatic heterocycles. The van der Waals surface area contributed by atoms with Crippen LogP contribution >= 0.6 is 0 Å². The van der Waals surface area contributed by atoms with Crippen LogP contribution < -0.4 is 5.73 Å². The zero-order valence-corrected chi connectivity index (χ0v) is 13.7. The lowest BCUT2D eigenvalue weighted by molar-refractivity contribution is 0.0123. The fraction of sp³-hybridized carbons (Fsp3) is 0.556. The third-order valence-electron chi connectivity index (χ3n) is 4.38. The predicted molar refractivity (Wildman–Crippen MR) is 89.6 cm³/mol. The van der Waals surface area contributed by atoms with E-state index in [0.717, 1.165) is 25.8 Å². The average Bonchev–Trinajstić information content (AvgIpc) is 2.83. The first kappa shape index (κ1) is 16.1. The third-order valence-corrected chi connectivity index (χ3v) is 4.38. The molecule has 0 saturated heterocycles. The number of nitrogens with zero attached hydrogens (tertiary/aromatic N) is 1. The van der Waals surface area contributed by atoms with Gasteiger partial charge in [-0.2, -0.15) is 0 Å². The molecule has 21 heavy (non-hydrogen) atoms. The van der Waals surface area contributed by atoms with Crippen LogP contribution in [0.25, 0.3) is 10.9 Å². The smallest absolute Gasteiger partial charge is 0.0639 e. The number of benzene rings is 1. The lowest BCUT2D eigenvalue weighted by Crippen LogP contribution is -2.24. The molecule has 0 spiro atoms. The normalized spacial score (nSPS) is 13.8. The van der Waals surface area contributed by atoms with Crippen LogP contribution in [0.5, 0.6) is 0 Å². The maximum Gasteiger partial charge on any atom is 0.0639 e. The Labute approximate surface area is 128 Å². The monoisotopic (exact) mass is 288 g/mol. The molecule has 2 aromatic rings. The van der Waals surface area contributed by atoms with Crippen LogP contribution in [-0.4, -0.2) is 23.3 Å². The number of nitrogens with two attached hydrogens (primary N) is 1. The Kier molecular flexibility index (Phi) is 5.07. The molecule has 1 unspecified atom stereocenters. The third kappa shape index (κ3) is 3.86. The van der Waals surface area contributed by atoms with Gasteiger partial charge in [0.1, 0.15) is 0 Å². The van der Waals surface area contributed by atoms with Gasteiger partial charge in [-0.1, -0.05) is 25.1 Å². The van der Waals surface area contributed by atoms with Gasteiger partial charge in [0.2, 0.25) is 0 Å². The van der Waals surface area contributed by atoms with E-state index >= 15 is 0 Å². The van der Waals surface area contributed by atoms with Crippen molar-refractivity contribution in [1.82, 2.24) is 4.57 Å². The molecular weight excluding hydrogens is 260 g/mol. The molecule has 3 nitrogen and oxygen atoms in total. The molecule has 0 saturated carbocycles. The van der Waals surface area contributed by atoms with Crippen LogP contribution in [0.15, 0.2) is 30.5 Å². The van der Waals surface area contributed by atoms with E-state index in [4.69, 9.17) is 10.5 Å². The van der Waals surface area contributed by atoms with Crippen molar-refractivity contribution in [2.45, 2.75) is 58.2 Å². The summed E-state index contributed by atoms with van der Waals surface area (Å²) in [4.78, 5) is 0. The molecule has 0 aliphatic carbocycles. The Morgan fingerprint density at radius 3 is 2.67 bits per heavy atom. The van der Waals surface area contributed by atoms with Gasteiger partial charge >= 0.3 is 0 Å². The Morgan fingerprint density at radius 1 is 1.29 bits per heavy atom. The van der Waals surface area contributed by atoms with Gasteiger partial charge < -0.3 is 15.0 Å². The summed E-state index contributed by atoms with van der Waals surface area (Å²) >= 11 is 0. The zero-order chi connectivity index (χ0) is 15.5. The number of hydrogen-bond acceptors (Lipinski definition) is 2. The summed E-state index contributed by atoms with van der Waals surface area (Å²) in [6, 6.07) is 8.83. The van der Waals surface area contributed by atoms with Crippen molar-refractivity contribution < 1.29 is 4.74 Å². The van der Waals surface area contributed by atoms with Gasteiger partial charge in [0, 0.05) is 36.8 Å². The highest BCUT2D eigenvalue weighted by molar-refractivity contribution is 5.84. The molecule has 0 bridgehead atoms. The number of aryl methyl sites for hydroxylation is 1. The largest absolute Gasteiger partial charge is 0.379 e. The van der Waals surface area contributed by atoms with Crippen molar-refractivity contribution in [2.75, 3.05) is 7.11 Å². The van der Waals surface area contributed by atoms with Crippen molar-refractivity contribution in [1.29, 1.82) is 0 Å². The molecule has 1 heterocycles. The molecule has 3 heteroatoms. The number of methoxy groups -OCH3 is 1. The second-order valence-corrected chi connectivity index (χ2v) is 6.45. The van der Waals surface area contributed by atoms with E-state index in [1.165, 1.54) is 16.5 Å². The number of fused-ring (bicyclic) bond motifs is 1. The van der Waals surface area contributed by atoms with Crippen LogP contribution in [0, 0.1) is 0 Å². The molecule has 1 atom stereocenters. The summed E-state index contributed by atoms with van der Waals surface area (Å²) in [6.45, 7) is 7.37. The summed E-state index contributed by atoms with van der Waals surface area (Å²) in [5, 5.41) is 1.33. The number of ether oxygens (including phenoxy) is 1. The average molecular weight is 288 g/mol. The van der Waals surface area contributed by atoms with Crippen molar-refractivity contribution in [2.24, 2.45) is 5.73 Å². The first-order valence-corrected chi connectivity index (χ1v) is 7.84. The van der Waals surface area contributed by atoms with Crippen LogP contribution in [0.1, 0.15) is 39.2 Å². The van der Waals surface area contributed by atoms with Crippen LogP contribution in [0.4, 0.5) is 0 Å². The molecule has 2 N–H and O–H groups in total. The van der Waals surface area contributed by atoms with E-state index in [9.17, 15) is 0 Å². The second-order valence-electron chi connectivity index (χ2n) is 6.45. The minimum atomic E-state index is -0.0919. The Morgan fingerprint density at radius 2 is 2.00 bits per heavy atom. The minimum Gasteiger partial charge on any atom is -0.379 e. The highest BCUT2D eigenvalue weighted by Crippen LogP contribution is 2.24. The summed E-state index contributed by atoms with van der Waals surface area (Å²) in [5.41, 5.74) is 8.70. The second kappa shape index (κ2) is 6.63. The Balaban J connectivity index is 2.27. The summed E-state index contributed by atoms with van der Waals surface area (Å²) in [6.07, 6.45) is 5.21. The van der Waals surface area contributed by atoms with Crippen molar-refractivity contribution in [3.8, 4) is 0 Å².